The molecule has 0 bridgehead atoms. The fourth-order valence-corrected chi connectivity index (χ4v) is 30.6. The van der Waals surface area contributed by atoms with E-state index in [-0.39, 0.29) is 24.8 Å². The number of benzene rings is 2. The summed E-state index contributed by atoms with van der Waals surface area (Å²) in [7, 11) is 0. The van der Waals surface area contributed by atoms with Gasteiger partial charge in [0.15, 0.2) is 0 Å². The van der Waals surface area contributed by atoms with E-state index in [1.807, 2.05) is 3.33 Å². The second kappa shape index (κ2) is 7.18. The van der Waals surface area contributed by atoms with E-state index < -0.39 is 20.0 Å². The van der Waals surface area contributed by atoms with Crippen molar-refractivity contribution in [3.8, 4) is 11.1 Å². The molecular formula is C22H22Cl2Hf. The minimum Gasteiger partial charge on any atom is -1.00 e. The molecule has 0 spiro atoms. The molecule has 1 fully saturated rings. The Morgan fingerprint density at radius 3 is 1.96 bits per heavy atom. The molecule has 2 aliphatic carbocycles. The van der Waals surface area contributed by atoms with Gasteiger partial charge in [-0.05, 0) is 0 Å². The first-order chi connectivity index (χ1) is 11.3. The zero-order valence-electron chi connectivity index (χ0n) is 14.4. The smallest absolute Gasteiger partial charge is 1.00 e. The second-order valence-electron chi connectivity index (χ2n) is 7.23. The molecule has 0 radical (unpaired) electrons. The molecule has 128 valence electrons. The molecule has 0 N–H and O–H groups in total. The maximum Gasteiger partial charge on any atom is -1.00 e. The van der Waals surface area contributed by atoms with Crippen molar-refractivity contribution < 1.29 is 44.8 Å². The van der Waals surface area contributed by atoms with Crippen LogP contribution in [0, 0.1) is 0 Å². The molecule has 0 unspecified atom stereocenters. The molecule has 0 nitrogen and oxygen atoms in total. The Morgan fingerprint density at radius 2 is 1.44 bits per heavy atom. The van der Waals surface area contributed by atoms with Crippen molar-refractivity contribution in [2.75, 3.05) is 0 Å². The van der Waals surface area contributed by atoms with Crippen molar-refractivity contribution in [2.24, 2.45) is 0 Å². The maximum absolute atomic E-state index is 2.43. The number of hydrogen-bond donors (Lipinski definition) is 0. The van der Waals surface area contributed by atoms with E-state index in [0.29, 0.717) is 0 Å². The third kappa shape index (κ3) is 2.74. The zero-order chi connectivity index (χ0) is 15.4. The largest absolute Gasteiger partial charge is 1.00 e. The van der Waals surface area contributed by atoms with Gasteiger partial charge in [0, 0.05) is 0 Å². The molecule has 0 aromatic heterocycles. The first-order valence-corrected chi connectivity index (χ1v) is 17.9. The second-order valence-corrected chi connectivity index (χ2v) is 23.4. The van der Waals surface area contributed by atoms with E-state index in [4.69, 9.17) is 0 Å². The number of fused-ring (bicyclic) bond motifs is 3. The molecule has 1 heterocycles. The van der Waals surface area contributed by atoms with Gasteiger partial charge in [-0.25, -0.2) is 0 Å². The Bertz CT molecular complexity index is 816. The van der Waals surface area contributed by atoms with Crippen molar-refractivity contribution in [3.63, 3.8) is 0 Å². The number of rotatable bonds is 3. The third-order valence-corrected chi connectivity index (χ3v) is 24.3. The van der Waals surface area contributed by atoms with E-state index in [2.05, 4.69) is 67.6 Å². The van der Waals surface area contributed by atoms with Crippen molar-refractivity contribution in [1.82, 2.24) is 0 Å². The number of allylic oxidation sites excluding steroid dienone is 4. The Balaban J connectivity index is 0.000000911. The van der Waals surface area contributed by atoms with Crippen LogP contribution in [0.3, 0.4) is 0 Å². The van der Waals surface area contributed by atoms with Crippen molar-refractivity contribution in [2.45, 2.75) is 31.8 Å². The van der Waals surface area contributed by atoms with Gasteiger partial charge in [-0.15, -0.1) is 0 Å². The standard InChI is InChI=1S/C13H9.C7H9.C2H4.2ClH.Hf/c1-3-7-12-10(5-1)9-11-6-2-4-8-13(11)12;1-2-7-5-3-4-6-7;1-2;;;/h1-9H;3,5H,2,4H2,1H3;1-2H2;2*1H;/q;;;;;+2/p-2. The van der Waals surface area contributed by atoms with Gasteiger partial charge < -0.3 is 24.8 Å². The molecule has 0 atom stereocenters. The van der Waals surface area contributed by atoms with Crippen LogP contribution in [0.4, 0.5) is 0 Å². The van der Waals surface area contributed by atoms with Crippen LogP contribution in [0.25, 0.3) is 11.1 Å². The van der Waals surface area contributed by atoms with Crippen LogP contribution in [0.5, 0.6) is 0 Å². The van der Waals surface area contributed by atoms with Crippen LogP contribution in [0.15, 0.2) is 69.6 Å². The predicted octanol–water partition coefficient (Wildman–Crippen LogP) is 0.393. The summed E-state index contributed by atoms with van der Waals surface area (Å²) in [6.07, 6.45) is 7.36. The summed E-state index contributed by atoms with van der Waals surface area (Å²) in [5.74, 6) is 0. The van der Waals surface area contributed by atoms with Crippen LogP contribution < -0.4 is 24.8 Å². The molecule has 0 saturated carbocycles. The average molecular weight is 536 g/mol. The molecule has 5 rings (SSSR count). The minimum absolute atomic E-state index is 0. The molecule has 3 heteroatoms. The van der Waals surface area contributed by atoms with Gasteiger partial charge in [0.25, 0.3) is 0 Å². The zero-order valence-corrected chi connectivity index (χ0v) is 19.5. The van der Waals surface area contributed by atoms with E-state index in [0.717, 1.165) is 3.67 Å². The van der Waals surface area contributed by atoms with Gasteiger partial charge in [-0.3, -0.25) is 0 Å². The summed E-state index contributed by atoms with van der Waals surface area (Å²) < 4.78 is 5.88. The molecular weight excluding hydrogens is 514 g/mol. The normalized spacial score (nSPS) is 17.8. The third-order valence-electron chi connectivity index (χ3n) is 6.19. The Morgan fingerprint density at radius 1 is 0.880 bits per heavy atom. The average Bonchev–Trinajstić information content (AvgIpc) is 3.11. The van der Waals surface area contributed by atoms with Gasteiger partial charge in [0.05, 0.1) is 0 Å². The Labute approximate surface area is 167 Å². The Kier molecular flexibility index (Phi) is 5.49. The monoisotopic (exact) mass is 536 g/mol. The summed E-state index contributed by atoms with van der Waals surface area (Å²) in [6.45, 7) is 2.34. The van der Waals surface area contributed by atoms with E-state index >= 15 is 0 Å². The summed E-state index contributed by atoms with van der Waals surface area (Å²) in [6, 6.07) is 18.5. The molecule has 1 saturated heterocycles. The molecule has 2 aromatic carbocycles. The van der Waals surface area contributed by atoms with Gasteiger partial charge in [0.1, 0.15) is 0 Å². The maximum atomic E-state index is 2.43. The van der Waals surface area contributed by atoms with Crippen LogP contribution in [-0.4, -0.2) is 0 Å². The Hall–Kier alpha value is -0.630. The predicted molar refractivity (Wildman–Crippen MR) is 94.4 cm³/mol. The van der Waals surface area contributed by atoms with Gasteiger partial charge in [-0.1, -0.05) is 0 Å². The van der Waals surface area contributed by atoms with Crippen molar-refractivity contribution in [1.29, 1.82) is 0 Å². The van der Waals surface area contributed by atoms with Gasteiger partial charge in [-0.2, -0.15) is 0 Å². The first-order valence-electron chi connectivity index (χ1n) is 8.92. The fraction of sp³-hybridized carbons (Fsp3) is 0.273. The van der Waals surface area contributed by atoms with E-state index in [1.54, 1.807) is 25.1 Å². The number of halogens is 2. The topological polar surface area (TPSA) is 0 Å². The quantitative estimate of drug-likeness (QED) is 0.499. The summed E-state index contributed by atoms with van der Waals surface area (Å²) in [4.78, 5) is 0. The molecule has 2 aromatic rings. The fourth-order valence-electron chi connectivity index (χ4n) is 5.06. The first kappa shape index (κ1) is 19.1. The number of hydrogen-bond acceptors (Lipinski definition) is 0. The van der Waals surface area contributed by atoms with Crippen LogP contribution in [-0.2, 0) is 20.0 Å². The summed E-state index contributed by atoms with van der Waals surface area (Å²) in [5, 5.41) is 0. The van der Waals surface area contributed by atoms with Crippen LogP contribution in [0.2, 0.25) is 8.35 Å². The van der Waals surface area contributed by atoms with Crippen LogP contribution in [0.1, 0.15) is 34.6 Å². The van der Waals surface area contributed by atoms with Crippen LogP contribution >= 0.6 is 0 Å². The molecule has 3 aliphatic rings. The molecule has 1 aliphatic heterocycles. The summed E-state index contributed by atoms with van der Waals surface area (Å²) >= 11 is -2.40. The molecule has 0 amide bonds. The van der Waals surface area contributed by atoms with Gasteiger partial charge >= 0.3 is 144 Å². The SMILES string of the molecule is CCC1=[C]([Hf+2]2([CH]3c4ccccc4-c4ccccc43)[CH2][CH2]2)CC=C1.[Cl-].[Cl-]. The molecule has 25 heavy (non-hydrogen) atoms. The van der Waals surface area contributed by atoms with E-state index in [9.17, 15) is 0 Å². The van der Waals surface area contributed by atoms with Gasteiger partial charge in [0.2, 0.25) is 0 Å². The van der Waals surface area contributed by atoms with Crippen molar-refractivity contribution in [3.05, 3.63) is 80.7 Å². The summed E-state index contributed by atoms with van der Waals surface area (Å²) in [5.41, 5.74) is 8.05. The van der Waals surface area contributed by atoms with E-state index in [1.165, 1.54) is 24.0 Å². The van der Waals surface area contributed by atoms with Crippen molar-refractivity contribution >= 4 is 0 Å². The minimum atomic E-state index is -2.40.